The Morgan fingerprint density at radius 3 is 1.57 bits per heavy atom. The summed E-state index contributed by atoms with van der Waals surface area (Å²) in [5.74, 6) is -2.87. The Labute approximate surface area is 141 Å². The van der Waals surface area contributed by atoms with E-state index in [4.69, 9.17) is 21.7 Å². The highest BCUT2D eigenvalue weighted by Crippen LogP contribution is 2.33. The Bertz CT molecular complexity index is 329. The monoisotopic (exact) mass is 329 g/mol. The van der Waals surface area contributed by atoms with E-state index in [1.54, 1.807) is 0 Å². The maximum absolute atomic E-state index is 9.37. The molecule has 7 heteroatoms. The Kier molecular flexibility index (Phi) is 13.0. The molecular weight excluding hydrogens is 295 g/mol. The molecule has 6 nitrogen and oxygen atoms in total. The predicted molar refractivity (Wildman–Crippen MR) is 95.2 cm³/mol. The highest BCUT2D eigenvalue weighted by molar-refractivity contribution is 6.94. The molecule has 0 aromatic carbocycles. The average Bonchev–Trinajstić information content (AvgIpc) is 2.35. The lowest BCUT2D eigenvalue weighted by Gasteiger charge is -2.38. The topological polar surface area (TPSA) is 127 Å². The van der Waals surface area contributed by atoms with Crippen molar-refractivity contribution < 1.29 is 19.8 Å². The minimum Gasteiger partial charge on any atom is -0.489 e. The molecule has 0 rings (SSSR count). The number of nitrogens with two attached hydrogens (primary N) is 2. The second-order valence-electron chi connectivity index (χ2n) is 7.09. The van der Waals surface area contributed by atoms with E-state index in [2.05, 4.69) is 27.7 Å². The van der Waals surface area contributed by atoms with Gasteiger partial charge in [0, 0.05) is 5.54 Å². The van der Waals surface area contributed by atoms with Gasteiger partial charge in [-0.15, -0.1) is 0 Å². The van der Waals surface area contributed by atoms with Gasteiger partial charge in [0.25, 0.3) is 11.7 Å². The van der Waals surface area contributed by atoms with Crippen LogP contribution in [0, 0.1) is 5.41 Å². The maximum atomic E-state index is 9.37. The van der Waals surface area contributed by atoms with Crippen LogP contribution >= 0.6 is 0 Å². The van der Waals surface area contributed by atoms with E-state index < -0.39 is 11.7 Å². The third kappa shape index (κ3) is 15.6. The largest absolute Gasteiger partial charge is 0.489 e. The lowest BCUT2D eigenvalue weighted by atomic mass is 9.72. The molecule has 0 aromatic heterocycles. The van der Waals surface area contributed by atoms with Gasteiger partial charge in [-0.05, 0) is 38.6 Å². The van der Waals surface area contributed by atoms with E-state index >= 15 is 0 Å². The zero-order chi connectivity index (χ0) is 18.5. The summed E-state index contributed by atoms with van der Waals surface area (Å²) in [6, 6.07) is 0. The van der Waals surface area contributed by atoms with Crippen molar-refractivity contribution in [2.45, 2.75) is 78.2 Å². The van der Waals surface area contributed by atoms with Crippen molar-refractivity contribution in [2.24, 2.45) is 16.9 Å². The highest BCUT2D eigenvalue weighted by Gasteiger charge is 2.32. The van der Waals surface area contributed by atoms with Crippen LogP contribution in [0.25, 0.3) is 0 Å². The van der Waals surface area contributed by atoms with E-state index in [-0.39, 0.29) is 18.2 Å². The fourth-order valence-corrected chi connectivity index (χ4v) is 1.85. The minimum absolute atomic E-state index is 0.0768. The van der Waals surface area contributed by atoms with Crippen LogP contribution in [-0.4, -0.2) is 41.3 Å². The molecule has 1 radical (unpaired) electrons. The molecule has 0 unspecified atom stereocenters. The van der Waals surface area contributed by atoms with E-state index in [0.29, 0.717) is 0 Å². The molecule has 0 saturated carbocycles. The molecule has 0 aliphatic heterocycles. The summed E-state index contributed by atoms with van der Waals surface area (Å²) in [6.07, 6.45) is 9.03. The van der Waals surface area contributed by atoms with Crippen LogP contribution in [0.5, 0.6) is 0 Å². The van der Waals surface area contributed by atoms with E-state index in [0.717, 1.165) is 6.54 Å². The third-order valence-corrected chi connectivity index (χ3v) is 4.25. The van der Waals surface area contributed by atoms with Crippen LogP contribution < -0.4 is 11.5 Å². The first kappa shape index (κ1) is 24.2. The van der Waals surface area contributed by atoms with Gasteiger partial charge < -0.3 is 21.7 Å². The van der Waals surface area contributed by atoms with Gasteiger partial charge in [-0.3, -0.25) is 9.59 Å². The van der Waals surface area contributed by atoms with Crippen molar-refractivity contribution in [2.75, 3.05) is 6.54 Å². The van der Waals surface area contributed by atoms with Gasteiger partial charge in [0.1, 0.15) is 0 Å². The van der Waals surface area contributed by atoms with Crippen LogP contribution in [0.2, 0.25) is 0 Å². The lowest BCUT2D eigenvalue weighted by molar-refractivity contribution is 0.180. The maximum Gasteiger partial charge on any atom is 0.404 e. The Hall–Kier alpha value is -1.08. The predicted octanol–water partition coefficient (Wildman–Crippen LogP) is 3.49. The quantitative estimate of drug-likeness (QED) is 0.339. The zero-order valence-electron chi connectivity index (χ0n) is 15.1. The summed E-state index contributed by atoms with van der Waals surface area (Å²) in [7, 11) is 0.167. The molecule has 0 bridgehead atoms. The fourth-order valence-electron chi connectivity index (χ4n) is 1.85. The van der Waals surface area contributed by atoms with Crippen LogP contribution in [0.3, 0.4) is 0 Å². The third-order valence-electron chi connectivity index (χ3n) is 4.25. The van der Waals surface area contributed by atoms with Gasteiger partial charge >= 0.3 is 7.28 Å². The van der Waals surface area contributed by atoms with Crippen LogP contribution in [0.4, 0.5) is 9.59 Å². The van der Waals surface area contributed by atoms with Crippen molar-refractivity contribution in [1.82, 2.24) is 0 Å². The summed E-state index contributed by atoms with van der Waals surface area (Å²) < 4.78 is 0. The Balaban J connectivity index is 0. The summed E-state index contributed by atoms with van der Waals surface area (Å²) in [5, 5.41) is 15.3. The molecule has 0 spiro atoms. The normalized spacial score (nSPS) is 11.4. The highest BCUT2D eigenvalue weighted by atomic mass is 16.4. The molecular formula is C16H34BN2O4. The SMILES string of the molecule is CC(C)(N)C(C)(C)CCCCCCCCN.O=C(O)[B]C(=O)O. The van der Waals surface area contributed by atoms with Crippen molar-refractivity contribution in [3.8, 4) is 0 Å². The first-order valence-electron chi connectivity index (χ1n) is 8.23. The first-order valence-corrected chi connectivity index (χ1v) is 8.23. The number of unbranched alkanes of at least 4 members (excludes halogenated alkanes) is 5. The lowest BCUT2D eigenvalue weighted by Crippen LogP contribution is -2.47. The van der Waals surface area contributed by atoms with Gasteiger partial charge in [-0.25, -0.2) is 0 Å². The molecule has 0 aliphatic rings. The molecule has 0 saturated heterocycles. The Morgan fingerprint density at radius 1 is 0.870 bits per heavy atom. The molecule has 0 amide bonds. The number of hydrogen-bond donors (Lipinski definition) is 4. The standard InChI is InChI=1S/C14H32N2.C2H2BO4/c1-13(2,14(3,4)16)11-9-7-5-6-8-10-12-15;4-1(5)3-2(6)7/h5-12,15-16H2,1-4H3;(H,4,5)(H,6,7). The summed E-state index contributed by atoms with van der Waals surface area (Å²) in [6.45, 7) is 9.67. The van der Waals surface area contributed by atoms with Gasteiger partial charge in [0.15, 0.2) is 0 Å². The number of carboxylic acid groups (broad SMARTS) is 2. The second kappa shape index (κ2) is 12.4. The Morgan fingerprint density at radius 2 is 1.26 bits per heavy atom. The number of rotatable bonds is 11. The summed E-state index contributed by atoms with van der Waals surface area (Å²) in [5.41, 5.74) is 11.8. The van der Waals surface area contributed by atoms with Crippen molar-refractivity contribution in [3.63, 3.8) is 0 Å². The molecule has 135 valence electrons. The van der Waals surface area contributed by atoms with Gasteiger partial charge in [0.05, 0.1) is 0 Å². The molecule has 0 atom stereocenters. The van der Waals surface area contributed by atoms with E-state index in [1.165, 1.54) is 44.9 Å². The second-order valence-corrected chi connectivity index (χ2v) is 7.09. The molecule has 0 aliphatic carbocycles. The van der Waals surface area contributed by atoms with Crippen LogP contribution in [0.15, 0.2) is 0 Å². The van der Waals surface area contributed by atoms with Crippen LogP contribution in [-0.2, 0) is 0 Å². The molecule has 6 N–H and O–H groups in total. The zero-order valence-corrected chi connectivity index (χ0v) is 15.1. The van der Waals surface area contributed by atoms with E-state index in [1.807, 2.05) is 0 Å². The summed E-state index contributed by atoms with van der Waals surface area (Å²) in [4.78, 5) is 18.7. The minimum atomic E-state index is -1.44. The first-order chi connectivity index (χ1) is 10.4. The molecule has 0 heterocycles. The molecule has 23 heavy (non-hydrogen) atoms. The van der Waals surface area contributed by atoms with Crippen molar-refractivity contribution in [1.29, 1.82) is 0 Å². The average molecular weight is 329 g/mol. The van der Waals surface area contributed by atoms with Gasteiger partial charge in [-0.1, -0.05) is 46.0 Å². The smallest absolute Gasteiger partial charge is 0.404 e. The summed E-state index contributed by atoms with van der Waals surface area (Å²) >= 11 is 0. The molecule has 0 fully saturated rings. The van der Waals surface area contributed by atoms with Crippen LogP contribution in [0.1, 0.15) is 72.6 Å². The molecule has 0 aromatic rings. The van der Waals surface area contributed by atoms with E-state index in [9.17, 15) is 9.59 Å². The fraction of sp³-hybridized carbons (Fsp3) is 0.875. The van der Waals surface area contributed by atoms with Gasteiger partial charge in [0.2, 0.25) is 0 Å². The van der Waals surface area contributed by atoms with Crippen molar-refractivity contribution in [3.05, 3.63) is 0 Å². The van der Waals surface area contributed by atoms with Crippen molar-refractivity contribution >= 4 is 19.0 Å². The number of hydrogen-bond acceptors (Lipinski definition) is 4. The van der Waals surface area contributed by atoms with Gasteiger partial charge in [-0.2, -0.15) is 0 Å². The number of carbonyl (C=O) groups is 2.